The number of nitrogens with one attached hydrogen (secondary N) is 2. The molecule has 0 atom stereocenters. The third-order valence-corrected chi connectivity index (χ3v) is 6.00. The van der Waals surface area contributed by atoms with Crippen LogP contribution in [0.4, 0.5) is 21.5 Å². The van der Waals surface area contributed by atoms with Gasteiger partial charge in [-0.3, -0.25) is 4.79 Å². The van der Waals surface area contributed by atoms with Gasteiger partial charge < -0.3 is 15.5 Å². The highest BCUT2D eigenvalue weighted by Gasteiger charge is 2.24. The van der Waals surface area contributed by atoms with Crippen molar-refractivity contribution in [2.45, 2.75) is 39.5 Å². The number of aryl methyl sites for hydroxylation is 1. The molecule has 2 N–H and O–H groups in total. The van der Waals surface area contributed by atoms with Crippen molar-refractivity contribution < 1.29 is 9.18 Å². The van der Waals surface area contributed by atoms with Gasteiger partial charge in [-0.25, -0.2) is 4.39 Å². The van der Waals surface area contributed by atoms with Crippen molar-refractivity contribution in [1.29, 1.82) is 0 Å². The molecule has 5 heteroatoms. The van der Waals surface area contributed by atoms with Gasteiger partial charge in [-0.2, -0.15) is 0 Å². The lowest BCUT2D eigenvalue weighted by Crippen LogP contribution is -2.34. The van der Waals surface area contributed by atoms with Gasteiger partial charge in [-0.1, -0.05) is 19.8 Å². The van der Waals surface area contributed by atoms with Crippen molar-refractivity contribution in [3.8, 4) is 0 Å². The van der Waals surface area contributed by atoms with Gasteiger partial charge in [0.15, 0.2) is 0 Å². The second kappa shape index (κ2) is 8.27. The number of carbonyl (C=O) groups excluding carboxylic acids is 1. The highest BCUT2D eigenvalue weighted by Crippen LogP contribution is 2.33. The fourth-order valence-electron chi connectivity index (χ4n) is 4.44. The van der Waals surface area contributed by atoms with E-state index in [0.29, 0.717) is 16.8 Å². The molecule has 1 saturated heterocycles. The van der Waals surface area contributed by atoms with Crippen LogP contribution in [-0.2, 0) is 4.79 Å². The minimum atomic E-state index is -0.358. The summed E-state index contributed by atoms with van der Waals surface area (Å²) in [6, 6.07) is 10.7. The highest BCUT2D eigenvalue weighted by atomic mass is 19.1. The number of rotatable bonds is 5. The van der Waals surface area contributed by atoms with Crippen molar-refractivity contribution in [2.24, 2.45) is 5.92 Å². The Morgan fingerprint density at radius 1 is 1.21 bits per heavy atom. The fraction of sp³-hybridized carbons (Fsp3) is 0.375. The maximum absolute atomic E-state index is 13.4. The van der Waals surface area contributed by atoms with E-state index >= 15 is 0 Å². The van der Waals surface area contributed by atoms with Gasteiger partial charge in [0.1, 0.15) is 5.82 Å². The van der Waals surface area contributed by atoms with Crippen LogP contribution in [0.3, 0.4) is 0 Å². The number of fused-ring (bicyclic) bond motifs is 1. The maximum Gasteiger partial charge on any atom is 0.257 e. The van der Waals surface area contributed by atoms with E-state index in [1.807, 2.05) is 0 Å². The second-order valence-electron chi connectivity index (χ2n) is 8.07. The first-order valence-corrected chi connectivity index (χ1v) is 10.5. The van der Waals surface area contributed by atoms with Gasteiger partial charge in [0.05, 0.1) is 11.3 Å². The minimum absolute atomic E-state index is 0.221. The fourth-order valence-corrected chi connectivity index (χ4v) is 4.44. The first-order valence-electron chi connectivity index (χ1n) is 10.5. The molecule has 152 valence electrons. The molecule has 0 bridgehead atoms. The number of amides is 1. The summed E-state index contributed by atoms with van der Waals surface area (Å²) in [6.45, 7) is 6.64. The van der Waals surface area contributed by atoms with E-state index in [9.17, 15) is 9.18 Å². The molecule has 2 heterocycles. The third kappa shape index (κ3) is 4.14. The summed E-state index contributed by atoms with van der Waals surface area (Å²) in [5, 5.41) is 5.94. The van der Waals surface area contributed by atoms with Crippen molar-refractivity contribution in [1.82, 2.24) is 0 Å². The highest BCUT2D eigenvalue weighted by molar-refractivity contribution is 6.31. The predicted octanol–water partition coefficient (Wildman–Crippen LogP) is 5.56. The summed E-state index contributed by atoms with van der Waals surface area (Å²) >= 11 is 0. The Morgan fingerprint density at radius 3 is 2.72 bits per heavy atom. The van der Waals surface area contributed by atoms with E-state index in [0.717, 1.165) is 24.7 Å². The zero-order chi connectivity index (χ0) is 20.4. The number of benzene rings is 2. The summed E-state index contributed by atoms with van der Waals surface area (Å²) in [5.41, 5.74) is 5.19. The van der Waals surface area contributed by atoms with E-state index in [1.54, 1.807) is 12.3 Å². The molecule has 1 fully saturated rings. The quantitative estimate of drug-likeness (QED) is 0.654. The number of nitrogens with zero attached hydrogens (tertiary/aromatic N) is 1. The molecule has 0 spiro atoms. The zero-order valence-electron chi connectivity index (χ0n) is 17.1. The van der Waals surface area contributed by atoms with Gasteiger partial charge in [0.2, 0.25) is 0 Å². The third-order valence-electron chi connectivity index (χ3n) is 6.00. The van der Waals surface area contributed by atoms with Crippen LogP contribution < -0.4 is 15.5 Å². The molecule has 4 rings (SSSR count). The van der Waals surface area contributed by atoms with Crippen molar-refractivity contribution in [3.05, 3.63) is 59.5 Å². The second-order valence-corrected chi connectivity index (χ2v) is 8.07. The number of piperidine rings is 1. The molecule has 2 aromatic rings. The molecule has 0 aliphatic carbocycles. The van der Waals surface area contributed by atoms with E-state index in [4.69, 9.17) is 0 Å². The smallest absolute Gasteiger partial charge is 0.257 e. The number of anilines is 3. The van der Waals surface area contributed by atoms with E-state index in [-0.39, 0.29) is 11.7 Å². The van der Waals surface area contributed by atoms with Crippen LogP contribution in [0.2, 0.25) is 0 Å². The van der Waals surface area contributed by atoms with Gasteiger partial charge in [-0.15, -0.1) is 0 Å². The molecular weight excluding hydrogens is 365 g/mol. The zero-order valence-corrected chi connectivity index (χ0v) is 17.1. The standard InChI is InChI=1S/C24H28FN3O/c1-3-4-17-9-11-28(12-10-17)23-8-6-19(13-16(23)2)26-15-21-20-7-5-18(25)14-22(20)27-24(21)29/h5-8,13-15,17,26H,3-4,9-12H2,1-2H3,(H,27,29). The topological polar surface area (TPSA) is 44.4 Å². The molecule has 4 nitrogen and oxygen atoms in total. The monoisotopic (exact) mass is 393 g/mol. The molecule has 2 aliphatic rings. The Balaban J connectivity index is 1.46. The number of hydrogen-bond donors (Lipinski definition) is 2. The molecule has 0 radical (unpaired) electrons. The molecule has 29 heavy (non-hydrogen) atoms. The largest absolute Gasteiger partial charge is 0.371 e. The minimum Gasteiger partial charge on any atom is -0.371 e. The Hall–Kier alpha value is -2.82. The van der Waals surface area contributed by atoms with Crippen LogP contribution >= 0.6 is 0 Å². The van der Waals surface area contributed by atoms with Gasteiger partial charge in [-0.05, 0) is 67.6 Å². The molecule has 2 aromatic carbocycles. The average Bonchev–Trinajstić information content (AvgIpc) is 3.01. The Morgan fingerprint density at radius 2 is 2.00 bits per heavy atom. The van der Waals surface area contributed by atoms with E-state index in [2.05, 4.69) is 47.6 Å². The van der Waals surface area contributed by atoms with Crippen LogP contribution in [0.15, 0.2) is 42.6 Å². The van der Waals surface area contributed by atoms with Crippen molar-refractivity contribution >= 4 is 28.5 Å². The summed E-state index contributed by atoms with van der Waals surface area (Å²) in [5.74, 6) is 0.294. The molecule has 0 unspecified atom stereocenters. The predicted molar refractivity (Wildman–Crippen MR) is 118 cm³/mol. The number of carbonyl (C=O) groups is 1. The number of halogens is 1. The van der Waals surface area contributed by atoms with Crippen LogP contribution in [-0.4, -0.2) is 19.0 Å². The van der Waals surface area contributed by atoms with E-state index < -0.39 is 0 Å². The lowest BCUT2D eigenvalue weighted by atomic mass is 9.92. The maximum atomic E-state index is 13.4. The molecule has 1 amide bonds. The lowest BCUT2D eigenvalue weighted by Gasteiger charge is -2.34. The van der Waals surface area contributed by atoms with Crippen LogP contribution in [0.1, 0.15) is 43.7 Å². The van der Waals surface area contributed by atoms with Crippen molar-refractivity contribution in [2.75, 3.05) is 28.6 Å². The molecular formula is C24H28FN3O. The first kappa shape index (κ1) is 19.5. The Bertz CT molecular complexity index is 945. The van der Waals surface area contributed by atoms with Gasteiger partial charge in [0, 0.05) is 36.2 Å². The Labute approximate surface area is 171 Å². The number of hydrogen-bond acceptors (Lipinski definition) is 3. The van der Waals surface area contributed by atoms with Crippen molar-refractivity contribution in [3.63, 3.8) is 0 Å². The summed E-state index contributed by atoms with van der Waals surface area (Å²) in [4.78, 5) is 14.7. The summed E-state index contributed by atoms with van der Waals surface area (Å²) < 4.78 is 13.4. The summed E-state index contributed by atoms with van der Waals surface area (Å²) in [6.07, 6.45) is 6.86. The molecule has 0 saturated carbocycles. The lowest BCUT2D eigenvalue weighted by molar-refractivity contribution is -0.110. The van der Waals surface area contributed by atoms with E-state index in [1.165, 1.54) is 49.1 Å². The first-order chi connectivity index (χ1) is 14.0. The van der Waals surface area contributed by atoms with Crippen LogP contribution in [0.5, 0.6) is 0 Å². The Kier molecular flexibility index (Phi) is 5.56. The summed E-state index contributed by atoms with van der Waals surface area (Å²) in [7, 11) is 0. The average molecular weight is 394 g/mol. The normalized spacial score (nSPS) is 18.1. The van der Waals surface area contributed by atoms with Crippen LogP contribution in [0.25, 0.3) is 5.57 Å². The van der Waals surface area contributed by atoms with Gasteiger partial charge in [0.25, 0.3) is 5.91 Å². The SMILES string of the molecule is CCCC1CCN(c2ccc(NC=C3C(=O)Nc4cc(F)ccc43)cc2C)CC1. The van der Waals surface area contributed by atoms with Gasteiger partial charge >= 0.3 is 0 Å². The molecule has 0 aromatic heterocycles. The molecule has 2 aliphatic heterocycles. The van der Waals surface area contributed by atoms with Crippen LogP contribution in [0, 0.1) is 18.7 Å².